The Labute approximate surface area is 98.6 Å². The van der Waals surface area contributed by atoms with E-state index >= 15 is 0 Å². The Balaban J connectivity index is 2.04. The first kappa shape index (κ1) is 11.9. The molecule has 2 atom stereocenters. The van der Waals surface area contributed by atoms with Gasteiger partial charge in [0.25, 0.3) is 0 Å². The van der Waals surface area contributed by atoms with Crippen LogP contribution in [-0.2, 0) is 4.79 Å². The zero-order valence-electron chi connectivity index (χ0n) is 10.5. The van der Waals surface area contributed by atoms with E-state index in [4.69, 9.17) is 0 Å². The summed E-state index contributed by atoms with van der Waals surface area (Å²) in [7, 11) is 3.84. The smallest absolute Gasteiger partial charge is 0.237 e. The average molecular weight is 224 g/mol. The maximum Gasteiger partial charge on any atom is 0.237 e. The molecule has 1 N–H and O–H groups in total. The van der Waals surface area contributed by atoms with Crippen molar-refractivity contribution in [3.05, 3.63) is 0 Å². The van der Waals surface area contributed by atoms with Gasteiger partial charge in [0, 0.05) is 7.05 Å². The summed E-state index contributed by atoms with van der Waals surface area (Å²) < 4.78 is 0. The molecule has 0 bridgehead atoms. The molecule has 1 saturated carbocycles. The van der Waals surface area contributed by atoms with Crippen LogP contribution in [0.3, 0.4) is 0 Å². The van der Waals surface area contributed by atoms with Crippen LogP contribution in [0.1, 0.15) is 38.5 Å². The van der Waals surface area contributed by atoms with E-state index in [0.29, 0.717) is 5.92 Å². The van der Waals surface area contributed by atoms with Crippen molar-refractivity contribution in [3.8, 4) is 0 Å². The predicted octanol–water partition coefficient (Wildman–Crippen LogP) is 1.63. The topological polar surface area (TPSA) is 32.3 Å². The molecule has 92 valence electrons. The Kier molecular flexibility index (Phi) is 3.85. The number of amides is 1. The molecule has 0 aromatic heterocycles. The van der Waals surface area contributed by atoms with E-state index in [-0.39, 0.29) is 11.9 Å². The molecule has 0 radical (unpaired) electrons. The van der Waals surface area contributed by atoms with Crippen LogP contribution >= 0.6 is 0 Å². The number of hydrogen-bond donors (Lipinski definition) is 1. The van der Waals surface area contributed by atoms with Gasteiger partial charge < -0.3 is 5.32 Å². The van der Waals surface area contributed by atoms with Crippen LogP contribution in [0.4, 0.5) is 0 Å². The highest BCUT2D eigenvalue weighted by molar-refractivity contribution is 5.82. The molecule has 1 amide bonds. The van der Waals surface area contributed by atoms with Gasteiger partial charge in [-0.05, 0) is 31.8 Å². The number of nitrogens with zero attached hydrogens (tertiary/aromatic N) is 1. The van der Waals surface area contributed by atoms with Gasteiger partial charge in [0.05, 0.1) is 6.04 Å². The van der Waals surface area contributed by atoms with Crippen molar-refractivity contribution in [1.29, 1.82) is 0 Å². The fourth-order valence-electron chi connectivity index (χ4n) is 3.57. The Morgan fingerprint density at radius 2 is 1.88 bits per heavy atom. The van der Waals surface area contributed by atoms with E-state index in [1.54, 1.807) is 7.05 Å². The number of likely N-dealkylation sites (tertiary alicyclic amines) is 1. The molecule has 2 fully saturated rings. The van der Waals surface area contributed by atoms with Crippen molar-refractivity contribution in [1.82, 2.24) is 10.2 Å². The summed E-state index contributed by atoms with van der Waals surface area (Å²) in [5.41, 5.74) is 0. The van der Waals surface area contributed by atoms with Crippen molar-refractivity contribution in [2.45, 2.75) is 44.6 Å². The summed E-state index contributed by atoms with van der Waals surface area (Å²) >= 11 is 0. The van der Waals surface area contributed by atoms with Gasteiger partial charge in [-0.1, -0.05) is 32.1 Å². The molecule has 2 unspecified atom stereocenters. The Morgan fingerprint density at radius 1 is 1.19 bits per heavy atom. The molecule has 0 spiro atoms. The third-order valence-corrected chi connectivity index (χ3v) is 4.47. The molecule has 1 aliphatic heterocycles. The van der Waals surface area contributed by atoms with Gasteiger partial charge in [0.2, 0.25) is 5.91 Å². The Bertz CT molecular complexity index is 248. The van der Waals surface area contributed by atoms with E-state index < -0.39 is 0 Å². The number of rotatable bonds is 2. The van der Waals surface area contributed by atoms with E-state index in [1.807, 2.05) is 0 Å². The van der Waals surface area contributed by atoms with Gasteiger partial charge in [-0.15, -0.1) is 0 Å². The van der Waals surface area contributed by atoms with Crippen LogP contribution in [0.15, 0.2) is 0 Å². The van der Waals surface area contributed by atoms with Gasteiger partial charge in [0.15, 0.2) is 0 Å². The molecule has 2 aliphatic rings. The molecule has 1 saturated heterocycles. The normalized spacial score (nSPS) is 32.9. The summed E-state index contributed by atoms with van der Waals surface area (Å²) in [6, 6.07) is 0.132. The fourth-order valence-corrected chi connectivity index (χ4v) is 3.57. The number of likely N-dealkylation sites (N-methyl/N-ethyl adjacent to an activating group) is 2. The molecule has 0 aromatic rings. The minimum absolute atomic E-state index is 0.132. The standard InChI is InChI=1S/C13H24N2O/c1-14-13(16)12-11(8-9-15(12)2)10-6-4-3-5-7-10/h10-12H,3-9H2,1-2H3,(H,14,16). The minimum Gasteiger partial charge on any atom is -0.358 e. The fraction of sp³-hybridized carbons (Fsp3) is 0.923. The molecule has 3 heteroatoms. The van der Waals surface area contributed by atoms with Crippen molar-refractivity contribution in [2.75, 3.05) is 20.6 Å². The van der Waals surface area contributed by atoms with Crippen LogP contribution < -0.4 is 5.32 Å². The van der Waals surface area contributed by atoms with Crippen LogP contribution in [0, 0.1) is 11.8 Å². The molecule has 3 nitrogen and oxygen atoms in total. The maximum atomic E-state index is 11.9. The highest BCUT2D eigenvalue weighted by Crippen LogP contribution is 2.38. The van der Waals surface area contributed by atoms with Crippen molar-refractivity contribution in [2.24, 2.45) is 11.8 Å². The molecule has 16 heavy (non-hydrogen) atoms. The quantitative estimate of drug-likeness (QED) is 0.773. The predicted molar refractivity (Wildman–Crippen MR) is 65.2 cm³/mol. The molecule has 2 rings (SSSR count). The number of carbonyl (C=O) groups is 1. The van der Waals surface area contributed by atoms with Crippen molar-refractivity contribution in [3.63, 3.8) is 0 Å². The summed E-state index contributed by atoms with van der Waals surface area (Å²) in [5, 5.41) is 2.83. The lowest BCUT2D eigenvalue weighted by Crippen LogP contribution is -2.45. The average Bonchev–Trinajstić information content (AvgIpc) is 2.71. The molecule has 0 aromatic carbocycles. The van der Waals surface area contributed by atoms with Gasteiger partial charge in [-0.2, -0.15) is 0 Å². The first-order valence-corrected chi connectivity index (χ1v) is 6.66. The maximum absolute atomic E-state index is 11.9. The van der Waals surface area contributed by atoms with Crippen molar-refractivity contribution < 1.29 is 4.79 Å². The third-order valence-electron chi connectivity index (χ3n) is 4.47. The zero-order valence-corrected chi connectivity index (χ0v) is 10.5. The van der Waals surface area contributed by atoms with Gasteiger partial charge >= 0.3 is 0 Å². The van der Waals surface area contributed by atoms with E-state index in [9.17, 15) is 4.79 Å². The SMILES string of the molecule is CNC(=O)C1C(C2CCCCC2)CCN1C. The number of hydrogen-bond acceptors (Lipinski definition) is 2. The molecular weight excluding hydrogens is 200 g/mol. The van der Waals surface area contributed by atoms with Gasteiger partial charge in [-0.25, -0.2) is 0 Å². The van der Waals surface area contributed by atoms with Crippen LogP contribution in [0.5, 0.6) is 0 Å². The highest BCUT2D eigenvalue weighted by Gasteiger charge is 2.40. The Hall–Kier alpha value is -0.570. The lowest BCUT2D eigenvalue weighted by atomic mass is 9.76. The van der Waals surface area contributed by atoms with Gasteiger partial charge in [-0.3, -0.25) is 9.69 Å². The summed E-state index contributed by atoms with van der Waals surface area (Å²) in [5.74, 6) is 1.61. The minimum atomic E-state index is 0.132. The summed E-state index contributed by atoms with van der Waals surface area (Å²) in [4.78, 5) is 14.2. The summed E-state index contributed by atoms with van der Waals surface area (Å²) in [6.45, 7) is 1.08. The number of carbonyl (C=O) groups excluding carboxylic acids is 1. The summed E-state index contributed by atoms with van der Waals surface area (Å²) in [6.07, 6.45) is 8.01. The third kappa shape index (κ3) is 2.24. The van der Waals surface area contributed by atoms with E-state index in [2.05, 4.69) is 17.3 Å². The zero-order chi connectivity index (χ0) is 11.5. The molecule has 1 heterocycles. The van der Waals surface area contributed by atoms with E-state index in [0.717, 1.165) is 12.5 Å². The molecular formula is C13H24N2O. The largest absolute Gasteiger partial charge is 0.358 e. The van der Waals surface area contributed by atoms with Crippen LogP contribution in [-0.4, -0.2) is 37.5 Å². The first-order valence-electron chi connectivity index (χ1n) is 6.66. The lowest BCUT2D eigenvalue weighted by Gasteiger charge is -2.32. The lowest BCUT2D eigenvalue weighted by molar-refractivity contribution is -0.126. The van der Waals surface area contributed by atoms with Gasteiger partial charge in [0.1, 0.15) is 0 Å². The second-order valence-corrected chi connectivity index (χ2v) is 5.39. The Morgan fingerprint density at radius 3 is 2.50 bits per heavy atom. The number of nitrogens with one attached hydrogen (secondary N) is 1. The van der Waals surface area contributed by atoms with Crippen molar-refractivity contribution >= 4 is 5.91 Å². The van der Waals surface area contributed by atoms with E-state index in [1.165, 1.54) is 38.5 Å². The second kappa shape index (κ2) is 5.17. The highest BCUT2D eigenvalue weighted by atomic mass is 16.2. The monoisotopic (exact) mass is 224 g/mol. The second-order valence-electron chi connectivity index (χ2n) is 5.39. The van der Waals surface area contributed by atoms with Crippen LogP contribution in [0.25, 0.3) is 0 Å². The van der Waals surface area contributed by atoms with Crippen LogP contribution in [0.2, 0.25) is 0 Å². The molecule has 1 aliphatic carbocycles. The first-order chi connectivity index (χ1) is 7.74.